The SMILES string of the molecule is Cc1ccc(CC[C@H](O)COS(=O)(=O)c2ccc(C)cc2)cc1. The van der Waals surface area contributed by atoms with Crippen molar-refractivity contribution in [3.8, 4) is 0 Å². The highest BCUT2D eigenvalue weighted by Crippen LogP contribution is 2.14. The molecule has 0 spiro atoms. The van der Waals surface area contributed by atoms with Gasteiger partial charge >= 0.3 is 0 Å². The van der Waals surface area contributed by atoms with Crippen molar-refractivity contribution >= 4 is 10.1 Å². The second-order valence-corrected chi connectivity index (χ2v) is 7.35. The van der Waals surface area contributed by atoms with E-state index in [1.807, 2.05) is 38.1 Å². The van der Waals surface area contributed by atoms with Crippen LogP contribution in [0.25, 0.3) is 0 Å². The highest BCUT2D eigenvalue weighted by molar-refractivity contribution is 7.86. The summed E-state index contributed by atoms with van der Waals surface area (Å²) < 4.78 is 29.0. The minimum absolute atomic E-state index is 0.105. The Morgan fingerprint density at radius 3 is 2.04 bits per heavy atom. The quantitative estimate of drug-likeness (QED) is 0.791. The zero-order valence-electron chi connectivity index (χ0n) is 13.4. The molecule has 0 aromatic heterocycles. The molecule has 2 aromatic carbocycles. The first-order valence-corrected chi connectivity index (χ1v) is 8.97. The van der Waals surface area contributed by atoms with E-state index in [-0.39, 0.29) is 11.5 Å². The van der Waals surface area contributed by atoms with Gasteiger partial charge < -0.3 is 5.11 Å². The smallest absolute Gasteiger partial charge is 0.297 e. The number of benzene rings is 2. The van der Waals surface area contributed by atoms with Gasteiger partial charge in [0, 0.05) is 0 Å². The molecule has 2 aromatic rings. The average molecular weight is 334 g/mol. The Bertz CT molecular complexity index is 719. The van der Waals surface area contributed by atoms with Crippen LogP contribution in [0.5, 0.6) is 0 Å². The maximum absolute atomic E-state index is 12.0. The van der Waals surface area contributed by atoms with Gasteiger partial charge in [-0.1, -0.05) is 47.5 Å². The molecule has 0 aliphatic carbocycles. The van der Waals surface area contributed by atoms with Crippen molar-refractivity contribution in [3.63, 3.8) is 0 Å². The maximum atomic E-state index is 12.0. The third kappa shape index (κ3) is 5.46. The van der Waals surface area contributed by atoms with Crippen LogP contribution in [0.3, 0.4) is 0 Å². The Labute approximate surface area is 137 Å². The molecule has 0 amide bonds. The van der Waals surface area contributed by atoms with Crippen molar-refractivity contribution < 1.29 is 17.7 Å². The van der Waals surface area contributed by atoms with Crippen LogP contribution in [-0.4, -0.2) is 26.2 Å². The average Bonchev–Trinajstić information content (AvgIpc) is 2.53. The molecule has 0 heterocycles. The van der Waals surface area contributed by atoms with E-state index in [0.717, 1.165) is 11.1 Å². The van der Waals surface area contributed by atoms with Crippen LogP contribution in [-0.2, 0) is 20.7 Å². The standard InChI is InChI=1S/C18H22O4S/c1-14-3-7-16(8-4-14)9-10-17(19)13-22-23(20,21)18-11-5-15(2)6-12-18/h3-8,11-12,17,19H,9-10,13H2,1-2H3/t17-/m0/s1. The highest BCUT2D eigenvalue weighted by Gasteiger charge is 2.17. The number of aliphatic hydroxyl groups excluding tert-OH is 1. The number of hydrogen-bond acceptors (Lipinski definition) is 4. The number of aliphatic hydroxyl groups is 1. The van der Waals surface area contributed by atoms with Gasteiger partial charge in [0.1, 0.15) is 0 Å². The molecule has 0 bridgehead atoms. The van der Waals surface area contributed by atoms with Gasteiger partial charge in [-0.3, -0.25) is 4.18 Å². The van der Waals surface area contributed by atoms with Crippen LogP contribution in [0.2, 0.25) is 0 Å². The molecule has 124 valence electrons. The lowest BCUT2D eigenvalue weighted by Crippen LogP contribution is -2.19. The molecule has 0 unspecified atom stereocenters. The van der Waals surface area contributed by atoms with E-state index in [0.29, 0.717) is 12.8 Å². The molecular formula is C18H22O4S. The molecule has 1 atom stereocenters. The lowest BCUT2D eigenvalue weighted by molar-refractivity contribution is 0.103. The molecular weight excluding hydrogens is 312 g/mol. The van der Waals surface area contributed by atoms with Crippen molar-refractivity contribution in [1.82, 2.24) is 0 Å². The molecule has 2 rings (SSSR count). The second-order valence-electron chi connectivity index (χ2n) is 5.73. The summed E-state index contributed by atoms with van der Waals surface area (Å²) in [5, 5.41) is 9.93. The predicted molar refractivity (Wildman–Crippen MR) is 89.8 cm³/mol. The molecule has 0 aliphatic rings. The third-order valence-corrected chi connectivity index (χ3v) is 4.91. The van der Waals surface area contributed by atoms with E-state index in [1.165, 1.54) is 17.7 Å². The largest absolute Gasteiger partial charge is 0.391 e. The molecule has 0 saturated heterocycles. The molecule has 4 nitrogen and oxygen atoms in total. The maximum Gasteiger partial charge on any atom is 0.297 e. The van der Waals surface area contributed by atoms with Crippen LogP contribution in [0.1, 0.15) is 23.1 Å². The minimum Gasteiger partial charge on any atom is -0.391 e. The molecule has 0 fully saturated rings. The monoisotopic (exact) mass is 334 g/mol. The number of aryl methyl sites for hydroxylation is 3. The van der Waals surface area contributed by atoms with E-state index >= 15 is 0 Å². The Balaban J connectivity index is 1.84. The van der Waals surface area contributed by atoms with E-state index in [4.69, 9.17) is 4.18 Å². The lowest BCUT2D eigenvalue weighted by Gasteiger charge is -2.11. The van der Waals surface area contributed by atoms with Gasteiger partial charge in [0.15, 0.2) is 0 Å². The number of rotatable bonds is 7. The summed E-state index contributed by atoms with van der Waals surface area (Å²) in [5.74, 6) is 0. The third-order valence-electron chi connectivity index (χ3n) is 3.61. The molecule has 0 aliphatic heterocycles. The van der Waals surface area contributed by atoms with Crippen LogP contribution in [0.4, 0.5) is 0 Å². The first-order valence-electron chi connectivity index (χ1n) is 7.56. The van der Waals surface area contributed by atoms with Gasteiger partial charge in [-0.25, -0.2) is 0 Å². The Morgan fingerprint density at radius 1 is 0.957 bits per heavy atom. The summed E-state index contributed by atoms with van der Waals surface area (Å²) in [6.45, 7) is 3.66. The fourth-order valence-corrected chi connectivity index (χ4v) is 3.05. The minimum atomic E-state index is -3.82. The van der Waals surface area contributed by atoms with E-state index in [9.17, 15) is 13.5 Å². The molecule has 0 saturated carbocycles. The van der Waals surface area contributed by atoms with Crippen molar-refractivity contribution in [3.05, 3.63) is 65.2 Å². The summed E-state index contributed by atoms with van der Waals surface area (Å²) in [5.41, 5.74) is 3.26. The fraction of sp³-hybridized carbons (Fsp3) is 0.333. The molecule has 0 radical (unpaired) electrons. The van der Waals surface area contributed by atoms with Crippen LogP contribution in [0.15, 0.2) is 53.4 Å². The summed E-state index contributed by atoms with van der Waals surface area (Å²) in [7, 11) is -3.82. The topological polar surface area (TPSA) is 63.6 Å². The van der Waals surface area contributed by atoms with E-state index in [1.54, 1.807) is 12.1 Å². The molecule has 23 heavy (non-hydrogen) atoms. The zero-order chi connectivity index (χ0) is 16.9. The summed E-state index contributed by atoms with van der Waals surface area (Å²) in [6.07, 6.45) is 0.304. The second kappa shape index (κ2) is 7.73. The van der Waals surface area contributed by atoms with Crippen molar-refractivity contribution in [2.75, 3.05) is 6.61 Å². The summed E-state index contributed by atoms with van der Waals surface area (Å²) in [4.78, 5) is 0.105. The summed E-state index contributed by atoms with van der Waals surface area (Å²) in [6, 6.07) is 14.5. The van der Waals surface area contributed by atoms with Crippen molar-refractivity contribution in [2.24, 2.45) is 0 Å². The first-order chi connectivity index (χ1) is 10.9. The van der Waals surface area contributed by atoms with E-state index in [2.05, 4.69) is 0 Å². The van der Waals surface area contributed by atoms with Gasteiger partial charge in [0.25, 0.3) is 10.1 Å². The Kier molecular flexibility index (Phi) is 5.93. The Morgan fingerprint density at radius 2 is 1.48 bits per heavy atom. The molecule has 1 N–H and O–H groups in total. The van der Waals surface area contributed by atoms with Gasteiger partial charge in [-0.05, 0) is 44.4 Å². The van der Waals surface area contributed by atoms with Gasteiger partial charge in [-0.2, -0.15) is 8.42 Å². The van der Waals surface area contributed by atoms with Crippen molar-refractivity contribution in [2.45, 2.75) is 37.7 Å². The van der Waals surface area contributed by atoms with Gasteiger partial charge in [0.2, 0.25) is 0 Å². The predicted octanol–water partition coefficient (Wildman–Crippen LogP) is 3.00. The Hall–Kier alpha value is -1.69. The van der Waals surface area contributed by atoms with Gasteiger partial charge in [0.05, 0.1) is 17.6 Å². The fourth-order valence-electron chi connectivity index (χ4n) is 2.11. The van der Waals surface area contributed by atoms with Crippen LogP contribution in [0, 0.1) is 13.8 Å². The first kappa shape index (κ1) is 17.7. The van der Waals surface area contributed by atoms with Crippen molar-refractivity contribution in [1.29, 1.82) is 0 Å². The highest BCUT2D eigenvalue weighted by atomic mass is 32.2. The van der Waals surface area contributed by atoms with Gasteiger partial charge in [-0.15, -0.1) is 0 Å². The van der Waals surface area contributed by atoms with Crippen LogP contribution < -0.4 is 0 Å². The molecule has 5 heteroatoms. The normalized spacial score (nSPS) is 13.0. The van der Waals surface area contributed by atoms with Crippen LogP contribution >= 0.6 is 0 Å². The lowest BCUT2D eigenvalue weighted by atomic mass is 10.1. The van der Waals surface area contributed by atoms with E-state index < -0.39 is 16.2 Å². The zero-order valence-corrected chi connectivity index (χ0v) is 14.2. The number of hydrogen-bond donors (Lipinski definition) is 1. The summed E-state index contributed by atoms with van der Waals surface area (Å²) >= 11 is 0.